The maximum Gasteiger partial charge on any atom is 0.226 e. The van der Waals surface area contributed by atoms with E-state index >= 15 is 0 Å². The lowest BCUT2D eigenvalue weighted by Gasteiger charge is -2.31. The van der Waals surface area contributed by atoms with Crippen molar-refractivity contribution in [2.45, 2.75) is 37.8 Å². The minimum absolute atomic E-state index is 0.163. The van der Waals surface area contributed by atoms with Gasteiger partial charge in [-0.25, -0.2) is 9.97 Å². The molecule has 174 valence electrons. The predicted molar refractivity (Wildman–Crippen MR) is 129 cm³/mol. The predicted octanol–water partition coefficient (Wildman–Crippen LogP) is 3.12. The highest BCUT2D eigenvalue weighted by molar-refractivity contribution is 5.85. The van der Waals surface area contributed by atoms with E-state index in [1.807, 2.05) is 25.1 Å². The van der Waals surface area contributed by atoms with Crippen LogP contribution in [0.1, 0.15) is 25.7 Å². The zero-order valence-electron chi connectivity index (χ0n) is 19.3. The number of hydrogen-bond acceptors (Lipinski definition) is 9. The van der Waals surface area contributed by atoms with Gasteiger partial charge >= 0.3 is 0 Å². The normalized spacial score (nSPS) is 21.1. The first kappa shape index (κ1) is 21.6. The van der Waals surface area contributed by atoms with E-state index in [0.29, 0.717) is 12.0 Å². The highest BCUT2D eigenvalue weighted by atomic mass is 16.5. The van der Waals surface area contributed by atoms with E-state index in [9.17, 15) is 0 Å². The van der Waals surface area contributed by atoms with E-state index in [-0.39, 0.29) is 6.10 Å². The van der Waals surface area contributed by atoms with Crippen LogP contribution in [0.5, 0.6) is 5.75 Å². The monoisotopic (exact) mass is 449 g/mol. The second-order valence-electron chi connectivity index (χ2n) is 8.84. The van der Waals surface area contributed by atoms with Crippen molar-refractivity contribution in [1.82, 2.24) is 19.9 Å². The van der Waals surface area contributed by atoms with Gasteiger partial charge in [0.1, 0.15) is 17.1 Å². The molecule has 9 heteroatoms. The van der Waals surface area contributed by atoms with Gasteiger partial charge in [0.2, 0.25) is 5.95 Å². The Kier molecular flexibility index (Phi) is 6.39. The quantitative estimate of drug-likeness (QED) is 0.610. The number of nitrogens with one attached hydrogen (secondary N) is 1. The molecule has 33 heavy (non-hydrogen) atoms. The molecule has 1 saturated carbocycles. The number of morpholine rings is 1. The summed E-state index contributed by atoms with van der Waals surface area (Å²) in [7, 11) is 3.90. The third-order valence-electron chi connectivity index (χ3n) is 6.26. The molecule has 0 radical (unpaired) electrons. The molecule has 2 aliphatic rings. The van der Waals surface area contributed by atoms with Crippen molar-refractivity contribution in [3.05, 3.63) is 36.8 Å². The van der Waals surface area contributed by atoms with Gasteiger partial charge in [-0.1, -0.05) is 0 Å². The molecule has 1 saturated heterocycles. The van der Waals surface area contributed by atoms with E-state index in [2.05, 4.69) is 42.3 Å². The number of hydrogen-bond donors (Lipinski definition) is 1. The van der Waals surface area contributed by atoms with Crippen LogP contribution in [-0.2, 0) is 4.74 Å². The number of ether oxygens (including phenoxy) is 2. The summed E-state index contributed by atoms with van der Waals surface area (Å²) in [6, 6.07) is 6.53. The van der Waals surface area contributed by atoms with E-state index < -0.39 is 0 Å². The summed E-state index contributed by atoms with van der Waals surface area (Å²) in [6.45, 7) is 3.24. The molecule has 9 nitrogen and oxygen atoms in total. The Morgan fingerprint density at radius 2 is 1.79 bits per heavy atom. The molecule has 2 aromatic heterocycles. The van der Waals surface area contributed by atoms with Crippen molar-refractivity contribution >= 4 is 28.5 Å². The summed E-state index contributed by atoms with van der Waals surface area (Å²) in [5.41, 5.74) is 2.82. The van der Waals surface area contributed by atoms with Gasteiger partial charge in [0.15, 0.2) is 0 Å². The first-order valence-corrected chi connectivity index (χ1v) is 11.7. The van der Waals surface area contributed by atoms with Crippen molar-refractivity contribution < 1.29 is 9.47 Å². The molecule has 2 fully saturated rings. The van der Waals surface area contributed by atoms with Crippen LogP contribution in [0.2, 0.25) is 0 Å². The molecule has 0 amide bonds. The highest BCUT2D eigenvalue weighted by Crippen LogP contribution is 2.33. The molecular formula is C24H31N7O2. The third-order valence-corrected chi connectivity index (χ3v) is 6.26. The Morgan fingerprint density at radius 3 is 2.58 bits per heavy atom. The van der Waals surface area contributed by atoms with Crippen molar-refractivity contribution in [3.8, 4) is 5.75 Å². The van der Waals surface area contributed by atoms with Gasteiger partial charge in [0.05, 0.1) is 24.8 Å². The number of anilines is 3. The van der Waals surface area contributed by atoms with Crippen LogP contribution in [0.25, 0.3) is 11.0 Å². The number of benzene rings is 1. The van der Waals surface area contributed by atoms with Gasteiger partial charge in [0, 0.05) is 63.6 Å². The molecule has 1 aromatic carbocycles. The van der Waals surface area contributed by atoms with Crippen LogP contribution in [0, 0.1) is 0 Å². The summed E-state index contributed by atoms with van der Waals surface area (Å²) in [6.07, 6.45) is 9.44. The summed E-state index contributed by atoms with van der Waals surface area (Å²) >= 11 is 0. The van der Waals surface area contributed by atoms with Crippen molar-refractivity contribution in [2.75, 3.05) is 55.5 Å². The summed E-state index contributed by atoms with van der Waals surface area (Å²) in [5, 5.41) is 3.57. The molecule has 1 N–H and O–H groups in total. The van der Waals surface area contributed by atoms with Crippen LogP contribution >= 0.6 is 0 Å². The van der Waals surface area contributed by atoms with Crippen LogP contribution in [-0.4, -0.2) is 72.5 Å². The Balaban J connectivity index is 1.26. The Hall–Kier alpha value is -3.20. The fourth-order valence-electron chi connectivity index (χ4n) is 4.48. The molecule has 0 bridgehead atoms. The molecule has 1 aliphatic heterocycles. The van der Waals surface area contributed by atoms with Crippen LogP contribution in [0.15, 0.2) is 36.8 Å². The molecule has 0 unspecified atom stereocenters. The summed E-state index contributed by atoms with van der Waals surface area (Å²) in [4.78, 5) is 22.2. The third kappa shape index (κ3) is 5.08. The molecule has 3 aromatic rings. The number of fused-ring (bicyclic) bond motifs is 1. The maximum absolute atomic E-state index is 6.53. The lowest BCUT2D eigenvalue weighted by molar-refractivity contribution is 0.122. The average molecular weight is 450 g/mol. The molecule has 0 spiro atoms. The second-order valence-corrected chi connectivity index (χ2v) is 8.84. The molecular weight excluding hydrogens is 418 g/mol. The number of nitrogens with zero attached hydrogens (tertiary/aromatic N) is 6. The van der Waals surface area contributed by atoms with Crippen LogP contribution in [0.3, 0.4) is 0 Å². The first-order chi connectivity index (χ1) is 16.2. The minimum Gasteiger partial charge on any atom is -0.488 e. The SMILES string of the molecule is CN(C)c1nccc(NC2CCC(Oc3cc(N4CCOCC4)cc4nccnc34)CC2)n1. The maximum atomic E-state index is 6.53. The second kappa shape index (κ2) is 9.74. The topological polar surface area (TPSA) is 88.5 Å². The lowest BCUT2D eigenvalue weighted by atomic mass is 9.93. The van der Waals surface area contributed by atoms with Crippen molar-refractivity contribution in [1.29, 1.82) is 0 Å². The zero-order valence-corrected chi connectivity index (χ0v) is 19.3. The van der Waals surface area contributed by atoms with Gasteiger partial charge in [-0.2, -0.15) is 4.98 Å². The van der Waals surface area contributed by atoms with Crippen LogP contribution < -0.4 is 19.9 Å². The summed E-state index contributed by atoms with van der Waals surface area (Å²) in [5.74, 6) is 2.41. The van der Waals surface area contributed by atoms with E-state index in [1.54, 1.807) is 18.6 Å². The van der Waals surface area contributed by atoms with E-state index in [1.165, 1.54) is 0 Å². The van der Waals surface area contributed by atoms with Gasteiger partial charge < -0.3 is 24.6 Å². The van der Waals surface area contributed by atoms with E-state index in [4.69, 9.17) is 9.47 Å². The molecule has 3 heterocycles. The van der Waals surface area contributed by atoms with Gasteiger partial charge in [-0.05, 0) is 37.8 Å². The standard InChI is InChI=1S/C24H31N7O2/c1-30(2)24-27-8-7-22(29-24)28-17-3-5-19(6-4-17)33-21-16-18(31-11-13-32-14-12-31)15-20-23(21)26-10-9-25-20/h7-10,15-17,19H,3-6,11-14H2,1-2H3,(H,27,28,29). The fourth-order valence-corrected chi connectivity index (χ4v) is 4.48. The average Bonchev–Trinajstić information content (AvgIpc) is 2.86. The summed E-state index contributed by atoms with van der Waals surface area (Å²) < 4.78 is 12.0. The smallest absolute Gasteiger partial charge is 0.226 e. The van der Waals surface area contributed by atoms with Crippen molar-refractivity contribution in [2.24, 2.45) is 0 Å². The zero-order chi connectivity index (χ0) is 22.6. The number of aromatic nitrogens is 4. The van der Waals surface area contributed by atoms with Crippen LogP contribution in [0.4, 0.5) is 17.5 Å². The Bertz CT molecular complexity index is 1080. The van der Waals surface area contributed by atoms with Gasteiger partial charge in [-0.15, -0.1) is 0 Å². The first-order valence-electron chi connectivity index (χ1n) is 11.7. The van der Waals surface area contributed by atoms with Gasteiger partial charge in [-0.3, -0.25) is 4.98 Å². The largest absolute Gasteiger partial charge is 0.488 e. The molecule has 5 rings (SSSR count). The van der Waals surface area contributed by atoms with E-state index in [0.717, 1.165) is 80.3 Å². The highest BCUT2D eigenvalue weighted by Gasteiger charge is 2.24. The van der Waals surface area contributed by atoms with Crippen molar-refractivity contribution in [3.63, 3.8) is 0 Å². The Morgan fingerprint density at radius 1 is 1.00 bits per heavy atom. The fraction of sp³-hybridized carbons (Fsp3) is 0.500. The minimum atomic E-state index is 0.163. The number of rotatable bonds is 6. The Labute approximate surface area is 194 Å². The van der Waals surface area contributed by atoms with Gasteiger partial charge in [0.25, 0.3) is 0 Å². The molecule has 1 aliphatic carbocycles. The molecule has 0 atom stereocenters. The lowest BCUT2D eigenvalue weighted by Crippen LogP contribution is -2.36.